The molecule has 8 heteroatoms. The van der Waals surface area contributed by atoms with E-state index in [-0.39, 0.29) is 30.4 Å². The number of hydrogen-bond acceptors (Lipinski definition) is 5. The van der Waals surface area contributed by atoms with Crippen molar-refractivity contribution in [3.63, 3.8) is 0 Å². The van der Waals surface area contributed by atoms with Crippen LogP contribution in [0.25, 0.3) is 0 Å². The standard InChI is InChI=1S/C12H19NO5S2/c1-12(3-2-5-19-12)11(16)13-4-6-20(17,18)8-9(13)7-10(14)15/h9H,2-8H2,1H3,(H,14,15). The summed E-state index contributed by atoms with van der Waals surface area (Å²) in [6, 6.07) is -0.739. The van der Waals surface area contributed by atoms with E-state index in [0.29, 0.717) is 0 Å². The van der Waals surface area contributed by atoms with Gasteiger partial charge in [-0.25, -0.2) is 8.42 Å². The first-order chi connectivity index (χ1) is 9.23. The summed E-state index contributed by atoms with van der Waals surface area (Å²) in [5, 5.41) is 8.93. The minimum atomic E-state index is -3.25. The van der Waals surface area contributed by atoms with E-state index in [0.717, 1.165) is 18.6 Å². The Hall–Kier alpha value is -0.760. The quantitative estimate of drug-likeness (QED) is 0.807. The largest absolute Gasteiger partial charge is 0.481 e. The number of carbonyl (C=O) groups excluding carboxylic acids is 1. The number of carbonyl (C=O) groups is 2. The maximum Gasteiger partial charge on any atom is 0.305 e. The van der Waals surface area contributed by atoms with Crippen LogP contribution in [0.2, 0.25) is 0 Å². The van der Waals surface area contributed by atoms with Crippen LogP contribution in [0.5, 0.6) is 0 Å². The van der Waals surface area contributed by atoms with Gasteiger partial charge in [-0.2, -0.15) is 0 Å². The van der Waals surface area contributed by atoms with Crippen LogP contribution in [0.3, 0.4) is 0 Å². The van der Waals surface area contributed by atoms with Gasteiger partial charge in [-0.3, -0.25) is 9.59 Å². The molecule has 0 aromatic rings. The Labute approximate surface area is 122 Å². The summed E-state index contributed by atoms with van der Waals surface area (Å²) in [5.74, 6) is -0.588. The van der Waals surface area contributed by atoms with Crippen LogP contribution in [0.1, 0.15) is 26.2 Å². The van der Waals surface area contributed by atoms with E-state index < -0.39 is 26.6 Å². The molecule has 0 bridgehead atoms. The number of hydrogen-bond donors (Lipinski definition) is 1. The van der Waals surface area contributed by atoms with E-state index in [4.69, 9.17) is 5.11 Å². The lowest BCUT2D eigenvalue weighted by molar-refractivity contribution is -0.141. The SMILES string of the molecule is CC1(C(=O)N2CCS(=O)(=O)CC2CC(=O)O)CCCS1. The number of sulfone groups is 1. The average Bonchev–Trinajstić information content (AvgIpc) is 2.75. The molecule has 2 fully saturated rings. The lowest BCUT2D eigenvalue weighted by Gasteiger charge is -2.39. The van der Waals surface area contributed by atoms with Gasteiger partial charge in [-0.05, 0) is 25.5 Å². The Morgan fingerprint density at radius 1 is 1.45 bits per heavy atom. The second kappa shape index (κ2) is 5.55. The highest BCUT2D eigenvalue weighted by molar-refractivity contribution is 8.01. The molecule has 0 radical (unpaired) electrons. The van der Waals surface area contributed by atoms with Crippen molar-refractivity contribution in [3.8, 4) is 0 Å². The van der Waals surface area contributed by atoms with Crippen molar-refractivity contribution in [2.75, 3.05) is 23.8 Å². The molecule has 2 aliphatic heterocycles. The lowest BCUT2D eigenvalue weighted by atomic mass is 10.0. The number of carboxylic acid groups (broad SMARTS) is 1. The van der Waals surface area contributed by atoms with Crippen LogP contribution in [0.4, 0.5) is 0 Å². The topological polar surface area (TPSA) is 91.8 Å². The molecule has 2 atom stereocenters. The number of thioether (sulfide) groups is 1. The number of rotatable bonds is 3. The van der Waals surface area contributed by atoms with E-state index in [1.54, 1.807) is 11.8 Å². The molecule has 0 spiro atoms. The van der Waals surface area contributed by atoms with Gasteiger partial charge in [0, 0.05) is 6.54 Å². The van der Waals surface area contributed by atoms with Crippen LogP contribution in [-0.4, -0.2) is 64.9 Å². The molecule has 2 rings (SSSR count). The normalized spacial score (nSPS) is 33.0. The zero-order valence-electron chi connectivity index (χ0n) is 11.4. The fourth-order valence-corrected chi connectivity index (χ4v) is 5.57. The summed E-state index contributed by atoms with van der Waals surface area (Å²) in [7, 11) is -3.25. The smallest absolute Gasteiger partial charge is 0.305 e. The summed E-state index contributed by atoms with van der Waals surface area (Å²) < 4.78 is 22.8. The first kappa shape index (κ1) is 15.6. The van der Waals surface area contributed by atoms with E-state index in [1.165, 1.54) is 4.90 Å². The summed E-state index contributed by atoms with van der Waals surface area (Å²) in [6.07, 6.45) is 1.41. The summed E-state index contributed by atoms with van der Waals surface area (Å²) >= 11 is 1.58. The van der Waals surface area contributed by atoms with Crippen LogP contribution < -0.4 is 0 Å². The monoisotopic (exact) mass is 321 g/mol. The second-order valence-corrected chi connectivity index (χ2v) is 9.37. The van der Waals surface area contributed by atoms with Crippen molar-refractivity contribution in [1.82, 2.24) is 4.90 Å². The third kappa shape index (κ3) is 3.28. The van der Waals surface area contributed by atoms with Gasteiger partial charge in [-0.1, -0.05) is 0 Å². The van der Waals surface area contributed by atoms with Crippen molar-refractivity contribution in [2.24, 2.45) is 0 Å². The van der Waals surface area contributed by atoms with Gasteiger partial charge in [0.1, 0.15) is 0 Å². The van der Waals surface area contributed by atoms with Gasteiger partial charge in [0.2, 0.25) is 5.91 Å². The van der Waals surface area contributed by atoms with Gasteiger partial charge >= 0.3 is 5.97 Å². The van der Waals surface area contributed by atoms with E-state index in [2.05, 4.69) is 0 Å². The van der Waals surface area contributed by atoms with E-state index in [1.807, 2.05) is 6.92 Å². The van der Waals surface area contributed by atoms with Crippen molar-refractivity contribution >= 4 is 33.5 Å². The summed E-state index contributed by atoms with van der Waals surface area (Å²) in [6.45, 7) is 1.98. The van der Waals surface area contributed by atoms with Crippen LogP contribution in [-0.2, 0) is 19.4 Å². The Morgan fingerprint density at radius 3 is 2.70 bits per heavy atom. The van der Waals surface area contributed by atoms with Crippen LogP contribution in [0.15, 0.2) is 0 Å². The molecule has 2 unspecified atom stereocenters. The maximum atomic E-state index is 12.6. The zero-order chi connectivity index (χ0) is 15.0. The molecule has 20 heavy (non-hydrogen) atoms. The Kier molecular flexibility index (Phi) is 4.34. The molecule has 2 heterocycles. The van der Waals surface area contributed by atoms with Crippen LogP contribution >= 0.6 is 11.8 Å². The molecule has 1 N–H and O–H groups in total. The predicted octanol–water partition coefficient (Wildman–Crippen LogP) is 0.372. The molecule has 0 aromatic carbocycles. The molecular formula is C12H19NO5S2. The first-order valence-corrected chi connectivity index (χ1v) is 9.41. The number of carboxylic acids is 1. The Morgan fingerprint density at radius 2 is 2.15 bits per heavy atom. The Bertz CT molecular complexity index is 510. The van der Waals surface area contributed by atoms with Crippen molar-refractivity contribution < 1.29 is 23.1 Å². The third-order valence-corrected chi connectivity index (χ3v) is 7.08. The van der Waals surface area contributed by atoms with Gasteiger partial charge in [0.25, 0.3) is 0 Å². The molecular weight excluding hydrogens is 302 g/mol. The number of amides is 1. The highest BCUT2D eigenvalue weighted by atomic mass is 32.2. The molecule has 0 saturated carbocycles. The first-order valence-electron chi connectivity index (χ1n) is 6.61. The minimum absolute atomic E-state index is 0.0738. The van der Waals surface area contributed by atoms with Gasteiger partial charge in [0.15, 0.2) is 9.84 Å². The third-order valence-electron chi connectivity index (χ3n) is 3.87. The highest BCUT2D eigenvalue weighted by Gasteiger charge is 2.44. The van der Waals surface area contributed by atoms with E-state index >= 15 is 0 Å². The average molecular weight is 321 g/mol. The van der Waals surface area contributed by atoms with E-state index in [9.17, 15) is 18.0 Å². The van der Waals surface area contributed by atoms with Gasteiger partial charge in [-0.15, -0.1) is 11.8 Å². The molecule has 1 amide bonds. The molecule has 114 valence electrons. The summed E-state index contributed by atoms with van der Waals surface area (Å²) in [5.41, 5.74) is 0. The van der Waals surface area contributed by atoms with Crippen molar-refractivity contribution in [2.45, 2.75) is 37.0 Å². The van der Waals surface area contributed by atoms with Crippen LogP contribution in [0, 0.1) is 0 Å². The maximum absolute atomic E-state index is 12.6. The van der Waals surface area contributed by atoms with Crippen molar-refractivity contribution in [3.05, 3.63) is 0 Å². The number of nitrogens with zero attached hydrogens (tertiary/aromatic N) is 1. The second-order valence-electron chi connectivity index (χ2n) is 5.55. The molecule has 2 aliphatic rings. The van der Waals surface area contributed by atoms with Gasteiger partial charge < -0.3 is 10.0 Å². The fraction of sp³-hybridized carbons (Fsp3) is 0.833. The fourth-order valence-electron chi connectivity index (χ4n) is 2.78. The predicted molar refractivity (Wildman–Crippen MR) is 76.5 cm³/mol. The zero-order valence-corrected chi connectivity index (χ0v) is 13.0. The highest BCUT2D eigenvalue weighted by Crippen LogP contribution is 2.40. The molecule has 0 aromatic heterocycles. The van der Waals surface area contributed by atoms with Gasteiger partial charge in [0.05, 0.1) is 28.7 Å². The molecule has 6 nitrogen and oxygen atoms in total. The lowest BCUT2D eigenvalue weighted by Crippen LogP contribution is -2.56. The number of aliphatic carboxylic acids is 1. The summed E-state index contributed by atoms with van der Waals surface area (Å²) in [4.78, 5) is 25.0. The molecule has 0 aliphatic carbocycles. The molecule has 2 saturated heterocycles. The Balaban J connectivity index is 2.19. The van der Waals surface area contributed by atoms with Crippen molar-refractivity contribution in [1.29, 1.82) is 0 Å². The minimum Gasteiger partial charge on any atom is -0.481 e.